The summed E-state index contributed by atoms with van der Waals surface area (Å²) in [6.45, 7) is 5.03. The van der Waals surface area contributed by atoms with Crippen LogP contribution in [0.25, 0.3) is 0 Å². The van der Waals surface area contributed by atoms with Gasteiger partial charge in [0.05, 0.1) is 11.9 Å². The Balaban J connectivity index is 1.30. The Morgan fingerprint density at radius 3 is 2.57 bits per heavy atom. The lowest BCUT2D eigenvalue weighted by molar-refractivity contribution is -0.132. The third-order valence-corrected chi connectivity index (χ3v) is 5.75. The topological polar surface area (TPSA) is 72.5 Å². The number of hydrogen-bond donors (Lipinski definition) is 1. The Kier molecular flexibility index (Phi) is 5.60. The summed E-state index contributed by atoms with van der Waals surface area (Å²) in [6.07, 6.45) is 4.36. The summed E-state index contributed by atoms with van der Waals surface area (Å²) < 4.78 is 0. The van der Waals surface area contributed by atoms with Gasteiger partial charge in [0.15, 0.2) is 0 Å². The zero-order chi connectivity index (χ0) is 19.3. The number of rotatable bonds is 4. The smallest absolute Gasteiger partial charge is 0.266 e. The monoisotopic (exact) mass is 381 g/mol. The molecule has 0 unspecified atom stereocenters. The van der Waals surface area contributed by atoms with E-state index in [0.717, 1.165) is 57.8 Å². The molecule has 2 saturated heterocycles. The van der Waals surface area contributed by atoms with Crippen LogP contribution in [0.1, 0.15) is 19.3 Å². The number of hydrogen-bond acceptors (Lipinski definition) is 5. The normalized spacial score (nSPS) is 20.3. The highest BCUT2D eigenvalue weighted by Crippen LogP contribution is 2.25. The fourth-order valence-electron chi connectivity index (χ4n) is 4.23. The summed E-state index contributed by atoms with van der Waals surface area (Å²) in [5.74, 6) is 0.580. The predicted octanol–water partition coefficient (Wildman–Crippen LogP) is 1.73. The van der Waals surface area contributed by atoms with E-state index in [1.165, 1.54) is 5.69 Å². The van der Waals surface area contributed by atoms with Gasteiger partial charge in [-0.15, -0.1) is 0 Å². The predicted molar refractivity (Wildman–Crippen MR) is 110 cm³/mol. The van der Waals surface area contributed by atoms with Crippen molar-refractivity contribution < 1.29 is 4.79 Å². The molecule has 0 aliphatic carbocycles. The number of aromatic nitrogens is 2. The largest absolute Gasteiger partial charge is 0.370 e. The summed E-state index contributed by atoms with van der Waals surface area (Å²) in [5, 5.41) is 6.31. The lowest BCUT2D eigenvalue weighted by Gasteiger charge is -2.38. The quantitative estimate of drug-likeness (QED) is 0.873. The number of para-hydroxylation sites is 1. The van der Waals surface area contributed by atoms with Crippen molar-refractivity contribution in [2.24, 2.45) is 5.92 Å². The molecule has 0 spiro atoms. The van der Waals surface area contributed by atoms with Crippen molar-refractivity contribution in [3.8, 4) is 0 Å². The second kappa shape index (κ2) is 8.46. The maximum Gasteiger partial charge on any atom is 0.266 e. The Morgan fingerprint density at radius 2 is 1.82 bits per heavy atom. The van der Waals surface area contributed by atoms with Gasteiger partial charge in [-0.25, -0.2) is 5.10 Å². The molecule has 2 aliphatic heterocycles. The Hall–Kier alpha value is -2.83. The number of benzene rings is 1. The third-order valence-electron chi connectivity index (χ3n) is 5.75. The summed E-state index contributed by atoms with van der Waals surface area (Å²) in [6, 6.07) is 12.0. The van der Waals surface area contributed by atoms with E-state index >= 15 is 0 Å². The van der Waals surface area contributed by atoms with E-state index in [9.17, 15) is 9.59 Å². The average molecular weight is 381 g/mol. The molecule has 2 aliphatic rings. The zero-order valence-electron chi connectivity index (χ0n) is 16.1. The number of nitrogens with zero attached hydrogens (tertiary/aromatic N) is 4. The number of nitrogens with one attached hydrogen (secondary N) is 1. The molecule has 7 heteroatoms. The number of H-pyrrole nitrogens is 1. The molecule has 7 nitrogen and oxygen atoms in total. The van der Waals surface area contributed by atoms with Crippen LogP contribution >= 0.6 is 0 Å². The van der Waals surface area contributed by atoms with E-state index in [1.807, 2.05) is 11.0 Å². The molecule has 1 aromatic carbocycles. The van der Waals surface area contributed by atoms with Gasteiger partial charge in [0.1, 0.15) is 0 Å². The Labute approximate surface area is 165 Å². The molecule has 1 amide bonds. The molecule has 148 valence electrons. The number of carbonyl (C=O) groups excluding carboxylic acids is 1. The standard InChI is InChI=1S/C21H27N5O2/c27-20-14-19(15-22-23-20)26-8-4-5-17(16-26)13-21(28)25-11-9-24(10-12-25)18-6-2-1-3-7-18/h1-3,6-7,14-15,17H,4-5,8-13,16H2,(H,23,27)/t17-/m1/s1. The lowest BCUT2D eigenvalue weighted by Crippen LogP contribution is -2.49. The van der Waals surface area contributed by atoms with Gasteiger partial charge in [0, 0.05) is 57.4 Å². The van der Waals surface area contributed by atoms with Crippen molar-refractivity contribution in [1.82, 2.24) is 15.1 Å². The van der Waals surface area contributed by atoms with E-state index < -0.39 is 0 Å². The van der Waals surface area contributed by atoms with Crippen LogP contribution in [0.3, 0.4) is 0 Å². The van der Waals surface area contributed by atoms with Gasteiger partial charge in [-0.3, -0.25) is 9.59 Å². The molecule has 28 heavy (non-hydrogen) atoms. The number of piperazine rings is 1. The minimum absolute atomic E-state index is 0.188. The van der Waals surface area contributed by atoms with E-state index in [1.54, 1.807) is 12.3 Å². The van der Waals surface area contributed by atoms with E-state index in [-0.39, 0.29) is 11.5 Å². The maximum absolute atomic E-state index is 12.8. The van der Waals surface area contributed by atoms with Gasteiger partial charge >= 0.3 is 0 Å². The fourth-order valence-corrected chi connectivity index (χ4v) is 4.23. The van der Waals surface area contributed by atoms with Gasteiger partial charge in [0.2, 0.25) is 5.91 Å². The van der Waals surface area contributed by atoms with Crippen LogP contribution in [0.5, 0.6) is 0 Å². The van der Waals surface area contributed by atoms with Gasteiger partial charge < -0.3 is 14.7 Å². The number of anilines is 2. The highest BCUT2D eigenvalue weighted by molar-refractivity contribution is 5.77. The molecule has 0 radical (unpaired) electrons. The van der Waals surface area contributed by atoms with Gasteiger partial charge in [-0.1, -0.05) is 18.2 Å². The SMILES string of the molecule is O=C(C[C@H]1CCCN(c2cn[nH]c(=O)c2)C1)N1CCN(c2ccccc2)CC1. The van der Waals surface area contributed by atoms with Crippen LogP contribution in [-0.2, 0) is 4.79 Å². The van der Waals surface area contributed by atoms with Crippen molar-refractivity contribution in [2.45, 2.75) is 19.3 Å². The lowest BCUT2D eigenvalue weighted by atomic mass is 9.93. The zero-order valence-corrected chi connectivity index (χ0v) is 16.1. The highest BCUT2D eigenvalue weighted by Gasteiger charge is 2.27. The number of carbonyl (C=O) groups is 1. The first-order valence-corrected chi connectivity index (χ1v) is 10.1. The second-order valence-electron chi connectivity index (χ2n) is 7.67. The van der Waals surface area contributed by atoms with Crippen LogP contribution < -0.4 is 15.4 Å². The third kappa shape index (κ3) is 4.35. The molecule has 2 aromatic rings. The fraction of sp³-hybridized carbons (Fsp3) is 0.476. The molecule has 2 fully saturated rings. The highest BCUT2D eigenvalue weighted by atomic mass is 16.2. The van der Waals surface area contributed by atoms with Crippen molar-refractivity contribution in [3.63, 3.8) is 0 Å². The molecule has 0 bridgehead atoms. The van der Waals surface area contributed by atoms with E-state index in [4.69, 9.17) is 0 Å². The molecule has 0 saturated carbocycles. The van der Waals surface area contributed by atoms with Crippen LogP contribution in [0.15, 0.2) is 47.4 Å². The van der Waals surface area contributed by atoms with Crippen molar-refractivity contribution in [3.05, 3.63) is 52.9 Å². The van der Waals surface area contributed by atoms with Crippen molar-refractivity contribution in [1.29, 1.82) is 0 Å². The van der Waals surface area contributed by atoms with Crippen molar-refractivity contribution >= 4 is 17.3 Å². The Bertz CT molecular complexity index is 845. The van der Waals surface area contributed by atoms with Crippen LogP contribution in [0.2, 0.25) is 0 Å². The summed E-state index contributed by atoms with van der Waals surface area (Å²) in [7, 11) is 0. The molecule has 1 aromatic heterocycles. The summed E-state index contributed by atoms with van der Waals surface area (Å²) >= 11 is 0. The molecule has 3 heterocycles. The molecular formula is C21H27N5O2. The molecule has 1 N–H and O–H groups in total. The number of piperidine rings is 1. The molecule has 4 rings (SSSR count). The van der Waals surface area contributed by atoms with Crippen molar-refractivity contribution in [2.75, 3.05) is 49.1 Å². The van der Waals surface area contributed by atoms with Crippen LogP contribution in [0, 0.1) is 5.92 Å². The van der Waals surface area contributed by atoms with Crippen LogP contribution in [0.4, 0.5) is 11.4 Å². The Morgan fingerprint density at radius 1 is 1.04 bits per heavy atom. The van der Waals surface area contributed by atoms with Gasteiger partial charge in [-0.05, 0) is 30.9 Å². The minimum atomic E-state index is -0.188. The first-order valence-electron chi connectivity index (χ1n) is 10.1. The first kappa shape index (κ1) is 18.5. The number of aromatic amines is 1. The van der Waals surface area contributed by atoms with Crippen LogP contribution in [-0.4, -0.2) is 60.3 Å². The van der Waals surface area contributed by atoms with Gasteiger partial charge in [-0.2, -0.15) is 5.10 Å². The minimum Gasteiger partial charge on any atom is -0.370 e. The maximum atomic E-state index is 12.8. The van der Waals surface area contributed by atoms with E-state index in [2.05, 4.69) is 44.3 Å². The molecule has 1 atom stereocenters. The second-order valence-corrected chi connectivity index (χ2v) is 7.67. The first-order chi connectivity index (χ1) is 13.7. The average Bonchev–Trinajstić information content (AvgIpc) is 2.75. The summed E-state index contributed by atoms with van der Waals surface area (Å²) in [4.78, 5) is 30.9. The summed E-state index contributed by atoms with van der Waals surface area (Å²) in [5.41, 5.74) is 1.88. The number of amides is 1. The van der Waals surface area contributed by atoms with Gasteiger partial charge in [0.25, 0.3) is 5.56 Å². The van der Waals surface area contributed by atoms with E-state index in [0.29, 0.717) is 12.3 Å². The molecular weight excluding hydrogens is 354 g/mol.